The second kappa shape index (κ2) is 7.86. The summed E-state index contributed by atoms with van der Waals surface area (Å²) in [7, 11) is 0. The van der Waals surface area contributed by atoms with Crippen molar-refractivity contribution >= 4 is 23.6 Å². The van der Waals surface area contributed by atoms with E-state index >= 15 is 0 Å². The van der Waals surface area contributed by atoms with Crippen LogP contribution in [-0.2, 0) is 9.59 Å². The van der Waals surface area contributed by atoms with Crippen LogP contribution in [-0.4, -0.2) is 22.6 Å². The van der Waals surface area contributed by atoms with Crippen molar-refractivity contribution in [3.05, 3.63) is 30.3 Å². The average Bonchev–Trinajstić information content (AvgIpc) is 2.50. The number of benzene rings is 1. The van der Waals surface area contributed by atoms with Crippen LogP contribution >= 0.6 is 11.8 Å². The maximum Gasteiger partial charge on any atom is 0.240 e. The Morgan fingerprint density at radius 3 is 2.43 bits per heavy atom. The lowest BCUT2D eigenvalue weighted by Crippen LogP contribution is -2.50. The standard InChI is InChI=1S/C18H26N2O2S/c1-3-13(2)16(17(19)22)20-15(21)12-18(10-7-11-18)23-14-8-5-4-6-9-14/h4-6,8-9,13,16H,3,7,10-12H2,1-2H3,(H2,19,22)(H,20,21)/t13-,16-/m0/s1. The first-order valence-corrected chi connectivity index (χ1v) is 9.10. The minimum atomic E-state index is -0.577. The van der Waals surface area contributed by atoms with Crippen LogP contribution in [0.25, 0.3) is 0 Å². The van der Waals surface area contributed by atoms with Crippen LogP contribution in [0.15, 0.2) is 35.2 Å². The van der Waals surface area contributed by atoms with E-state index in [0.29, 0.717) is 6.42 Å². The lowest BCUT2D eigenvalue weighted by atomic mass is 9.81. The van der Waals surface area contributed by atoms with Crippen molar-refractivity contribution in [1.29, 1.82) is 0 Å². The molecule has 3 N–H and O–H groups in total. The van der Waals surface area contributed by atoms with Gasteiger partial charge in [-0.05, 0) is 30.9 Å². The number of nitrogens with two attached hydrogens (primary N) is 1. The molecule has 126 valence electrons. The monoisotopic (exact) mass is 334 g/mol. The number of nitrogens with one attached hydrogen (secondary N) is 1. The summed E-state index contributed by atoms with van der Waals surface area (Å²) in [5.41, 5.74) is 5.44. The second-order valence-electron chi connectivity index (χ2n) is 6.46. The Hall–Kier alpha value is -1.49. The number of amides is 2. The molecule has 0 bridgehead atoms. The summed E-state index contributed by atoms with van der Waals surface area (Å²) in [5.74, 6) is -0.473. The molecular formula is C18H26N2O2S. The second-order valence-corrected chi connectivity index (χ2v) is 8.00. The summed E-state index contributed by atoms with van der Waals surface area (Å²) in [4.78, 5) is 25.2. The van der Waals surface area contributed by atoms with E-state index in [1.807, 2.05) is 32.0 Å². The Balaban J connectivity index is 1.98. The molecule has 0 radical (unpaired) electrons. The zero-order valence-electron chi connectivity index (χ0n) is 13.9. The van der Waals surface area contributed by atoms with E-state index in [-0.39, 0.29) is 16.6 Å². The van der Waals surface area contributed by atoms with Gasteiger partial charge >= 0.3 is 0 Å². The highest BCUT2D eigenvalue weighted by molar-refractivity contribution is 8.00. The van der Waals surface area contributed by atoms with Crippen LogP contribution in [0.3, 0.4) is 0 Å². The molecule has 0 aliphatic heterocycles. The number of primary amides is 1. The largest absolute Gasteiger partial charge is 0.368 e. The predicted octanol–water partition coefficient (Wildman–Crippen LogP) is 3.11. The van der Waals surface area contributed by atoms with E-state index in [4.69, 9.17) is 5.73 Å². The van der Waals surface area contributed by atoms with Crippen molar-refractivity contribution in [2.45, 2.75) is 61.6 Å². The molecular weight excluding hydrogens is 308 g/mol. The molecule has 1 fully saturated rings. The molecule has 1 saturated carbocycles. The van der Waals surface area contributed by atoms with Gasteiger partial charge in [0.1, 0.15) is 6.04 Å². The van der Waals surface area contributed by atoms with E-state index in [2.05, 4.69) is 17.4 Å². The van der Waals surface area contributed by atoms with Crippen LogP contribution in [0.2, 0.25) is 0 Å². The van der Waals surface area contributed by atoms with Gasteiger partial charge in [0.15, 0.2) is 0 Å². The summed E-state index contributed by atoms with van der Waals surface area (Å²) in [6, 6.07) is 9.60. The van der Waals surface area contributed by atoms with E-state index < -0.39 is 11.9 Å². The van der Waals surface area contributed by atoms with Crippen molar-refractivity contribution in [1.82, 2.24) is 5.32 Å². The van der Waals surface area contributed by atoms with Gasteiger partial charge in [-0.15, -0.1) is 11.8 Å². The van der Waals surface area contributed by atoms with Gasteiger partial charge in [-0.2, -0.15) is 0 Å². The molecule has 1 aromatic rings. The Labute approximate surface area is 142 Å². The van der Waals surface area contributed by atoms with Crippen LogP contribution in [0, 0.1) is 5.92 Å². The number of rotatable bonds is 8. The predicted molar refractivity (Wildman–Crippen MR) is 94.1 cm³/mol. The molecule has 0 saturated heterocycles. The topological polar surface area (TPSA) is 72.2 Å². The van der Waals surface area contributed by atoms with Crippen LogP contribution in [0.1, 0.15) is 46.0 Å². The first-order valence-electron chi connectivity index (χ1n) is 8.28. The van der Waals surface area contributed by atoms with Gasteiger partial charge in [-0.1, -0.05) is 44.9 Å². The molecule has 0 aromatic heterocycles. The van der Waals surface area contributed by atoms with Crippen molar-refractivity contribution in [3.8, 4) is 0 Å². The highest BCUT2D eigenvalue weighted by Crippen LogP contribution is 2.49. The molecule has 23 heavy (non-hydrogen) atoms. The fraction of sp³-hybridized carbons (Fsp3) is 0.556. The summed E-state index contributed by atoms with van der Waals surface area (Å²) in [6.07, 6.45) is 4.46. The van der Waals surface area contributed by atoms with Crippen molar-refractivity contribution < 1.29 is 9.59 Å². The van der Waals surface area contributed by atoms with E-state index in [1.54, 1.807) is 11.8 Å². The molecule has 4 nitrogen and oxygen atoms in total. The van der Waals surface area contributed by atoms with Gasteiger partial charge in [0.25, 0.3) is 0 Å². The van der Waals surface area contributed by atoms with Crippen LogP contribution in [0.5, 0.6) is 0 Å². The minimum Gasteiger partial charge on any atom is -0.368 e. The quantitative estimate of drug-likeness (QED) is 0.767. The van der Waals surface area contributed by atoms with Gasteiger partial charge < -0.3 is 11.1 Å². The van der Waals surface area contributed by atoms with Crippen molar-refractivity contribution in [3.63, 3.8) is 0 Å². The third kappa shape index (κ3) is 4.74. The molecule has 2 amide bonds. The molecule has 1 aliphatic rings. The van der Waals surface area contributed by atoms with Gasteiger partial charge in [0.2, 0.25) is 11.8 Å². The fourth-order valence-electron chi connectivity index (χ4n) is 2.87. The highest BCUT2D eigenvalue weighted by atomic mass is 32.2. The minimum absolute atomic E-state index is 0.0386. The highest BCUT2D eigenvalue weighted by Gasteiger charge is 2.40. The summed E-state index contributed by atoms with van der Waals surface area (Å²) in [5, 5.41) is 2.85. The Bertz CT molecular complexity index is 543. The van der Waals surface area contributed by atoms with Crippen molar-refractivity contribution in [2.75, 3.05) is 0 Å². The zero-order chi connectivity index (χ0) is 16.9. The molecule has 1 aromatic carbocycles. The van der Waals surface area contributed by atoms with Gasteiger partial charge in [0.05, 0.1) is 0 Å². The smallest absolute Gasteiger partial charge is 0.240 e. The Morgan fingerprint density at radius 2 is 1.96 bits per heavy atom. The summed E-state index contributed by atoms with van der Waals surface area (Å²) < 4.78 is -0.0386. The molecule has 0 unspecified atom stereocenters. The van der Waals surface area contributed by atoms with Crippen molar-refractivity contribution in [2.24, 2.45) is 11.7 Å². The van der Waals surface area contributed by atoms with E-state index in [1.165, 1.54) is 4.90 Å². The molecule has 1 aliphatic carbocycles. The van der Waals surface area contributed by atoms with Crippen LogP contribution < -0.4 is 11.1 Å². The zero-order valence-corrected chi connectivity index (χ0v) is 14.7. The van der Waals surface area contributed by atoms with Gasteiger partial charge in [0, 0.05) is 16.1 Å². The van der Waals surface area contributed by atoms with Gasteiger partial charge in [-0.25, -0.2) is 0 Å². The van der Waals surface area contributed by atoms with Gasteiger partial charge in [-0.3, -0.25) is 9.59 Å². The lowest BCUT2D eigenvalue weighted by molar-refractivity contribution is -0.129. The Kier molecular flexibility index (Phi) is 6.10. The van der Waals surface area contributed by atoms with E-state index in [0.717, 1.165) is 25.7 Å². The summed E-state index contributed by atoms with van der Waals surface area (Å²) in [6.45, 7) is 3.93. The molecule has 5 heteroatoms. The molecule has 0 heterocycles. The third-order valence-corrected chi connectivity index (χ3v) is 6.15. The maximum atomic E-state index is 12.4. The number of thioether (sulfide) groups is 1. The van der Waals surface area contributed by atoms with E-state index in [9.17, 15) is 9.59 Å². The molecule has 2 rings (SSSR count). The SMILES string of the molecule is CC[C@H](C)[C@H](NC(=O)CC1(Sc2ccccc2)CCC1)C(N)=O. The average molecular weight is 334 g/mol. The number of hydrogen-bond acceptors (Lipinski definition) is 3. The number of carbonyl (C=O) groups is 2. The maximum absolute atomic E-state index is 12.4. The number of carbonyl (C=O) groups excluding carboxylic acids is 2. The lowest BCUT2D eigenvalue weighted by Gasteiger charge is -2.41. The van der Waals surface area contributed by atoms with Crippen LogP contribution in [0.4, 0.5) is 0 Å². The first-order chi connectivity index (χ1) is 11.0. The normalized spacial score (nSPS) is 18.5. The fourth-order valence-corrected chi connectivity index (χ4v) is 4.36. The Morgan fingerprint density at radius 1 is 1.30 bits per heavy atom. The molecule has 0 spiro atoms. The first kappa shape index (κ1) is 17.9. The third-order valence-electron chi connectivity index (χ3n) is 4.66. The molecule has 2 atom stereocenters. The summed E-state index contributed by atoms with van der Waals surface area (Å²) >= 11 is 1.78. The number of hydrogen-bond donors (Lipinski definition) is 2.